The normalized spacial score (nSPS) is 16.1. The summed E-state index contributed by atoms with van der Waals surface area (Å²) in [7, 11) is 3.99. The topological polar surface area (TPSA) is 68.9 Å². The summed E-state index contributed by atoms with van der Waals surface area (Å²) >= 11 is 0. The van der Waals surface area contributed by atoms with Crippen LogP contribution in [0.25, 0.3) is 0 Å². The van der Waals surface area contributed by atoms with E-state index in [1.807, 2.05) is 0 Å². The van der Waals surface area contributed by atoms with Crippen LogP contribution in [0.3, 0.4) is 0 Å². The molecule has 164 valence electrons. The third-order valence-electron chi connectivity index (χ3n) is 5.75. The quantitative estimate of drug-likeness (QED) is 0.513. The number of aliphatic imine (C=N–C) groups is 1. The Bertz CT molecular complexity index is 784. The molecule has 2 N–H and O–H groups in total. The van der Waals surface area contributed by atoms with Gasteiger partial charge in [0.1, 0.15) is 5.76 Å². The minimum absolute atomic E-state index is 0.666. The van der Waals surface area contributed by atoms with Crippen LogP contribution in [0, 0.1) is 0 Å². The molecule has 1 saturated heterocycles. The first-order valence-corrected chi connectivity index (χ1v) is 11.0. The van der Waals surface area contributed by atoms with Crippen LogP contribution in [0.15, 0.2) is 33.8 Å². The molecule has 1 aromatic heterocycles. The molecule has 0 saturated carbocycles. The van der Waals surface area contributed by atoms with Gasteiger partial charge in [0.2, 0.25) is 0 Å². The van der Waals surface area contributed by atoms with E-state index in [2.05, 4.69) is 75.7 Å². The molecule has 1 aromatic carbocycles. The minimum Gasteiger partial charge on any atom is -0.361 e. The van der Waals surface area contributed by atoms with Gasteiger partial charge in [-0.15, -0.1) is 0 Å². The predicted molar refractivity (Wildman–Crippen MR) is 122 cm³/mol. The Balaban J connectivity index is 1.47. The Labute approximate surface area is 180 Å². The van der Waals surface area contributed by atoms with Gasteiger partial charge in [0.25, 0.3) is 0 Å². The highest BCUT2D eigenvalue weighted by Gasteiger charge is 2.14. The number of benzene rings is 1. The van der Waals surface area contributed by atoms with E-state index in [4.69, 9.17) is 4.52 Å². The number of nitrogens with zero attached hydrogens (tertiary/aromatic N) is 4. The zero-order valence-corrected chi connectivity index (χ0v) is 18.9. The third kappa shape index (κ3) is 6.06. The Kier molecular flexibility index (Phi) is 8.28. The summed E-state index contributed by atoms with van der Waals surface area (Å²) in [5.41, 5.74) is 4.79. The Morgan fingerprint density at radius 1 is 1.00 bits per heavy atom. The van der Waals surface area contributed by atoms with Crippen molar-refractivity contribution in [1.82, 2.24) is 25.6 Å². The highest BCUT2D eigenvalue weighted by atomic mass is 16.5. The largest absolute Gasteiger partial charge is 0.361 e. The van der Waals surface area contributed by atoms with E-state index in [1.54, 1.807) is 7.05 Å². The van der Waals surface area contributed by atoms with Crippen LogP contribution >= 0.6 is 0 Å². The van der Waals surface area contributed by atoms with E-state index < -0.39 is 0 Å². The van der Waals surface area contributed by atoms with Crippen molar-refractivity contribution in [3.63, 3.8) is 0 Å². The molecular formula is C23H36N6O. The summed E-state index contributed by atoms with van der Waals surface area (Å²) in [6.07, 6.45) is 1.71. The van der Waals surface area contributed by atoms with Crippen molar-refractivity contribution in [3.8, 4) is 0 Å². The molecule has 2 aromatic rings. The lowest BCUT2D eigenvalue weighted by Gasteiger charge is -2.32. The summed E-state index contributed by atoms with van der Waals surface area (Å²) in [5, 5.41) is 11.0. The molecule has 0 aliphatic carbocycles. The smallest absolute Gasteiger partial charge is 0.191 e. The van der Waals surface area contributed by atoms with E-state index in [1.165, 1.54) is 11.1 Å². The van der Waals surface area contributed by atoms with Gasteiger partial charge >= 0.3 is 0 Å². The SMILES string of the molecule is CCc1noc(CC)c1CNC(=NC)NCc1ccc(CN2CCN(C)CC2)cc1. The number of nitrogens with one attached hydrogen (secondary N) is 2. The molecule has 3 rings (SSSR count). The van der Waals surface area contributed by atoms with Gasteiger partial charge in [0.15, 0.2) is 5.96 Å². The molecule has 1 aliphatic rings. The molecular weight excluding hydrogens is 376 g/mol. The van der Waals surface area contributed by atoms with Gasteiger partial charge in [0.05, 0.1) is 5.69 Å². The molecule has 1 aliphatic heterocycles. The molecule has 0 radical (unpaired) electrons. The fourth-order valence-electron chi connectivity index (χ4n) is 3.74. The van der Waals surface area contributed by atoms with Crippen molar-refractivity contribution >= 4 is 5.96 Å². The highest BCUT2D eigenvalue weighted by Crippen LogP contribution is 2.15. The number of hydrogen-bond acceptors (Lipinski definition) is 5. The molecule has 1 fully saturated rings. The average Bonchev–Trinajstić information content (AvgIpc) is 3.18. The van der Waals surface area contributed by atoms with Crippen molar-refractivity contribution < 1.29 is 4.52 Å². The van der Waals surface area contributed by atoms with Crippen LogP contribution in [-0.4, -0.2) is 61.2 Å². The maximum Gasteiger partial charge on any atom is 0.191 e. The summed E-state index contributed by atoms with van der Waals surface area (Å²) in [6, 6.07) is 8.89. The maximum atomic E-state index is 5.45. The van der Waals surface area contributed by atoms with E-state index in [-0.39, 0.29) is 0 Å². The first kappa shape index (κ1) is 22.3. The lowest BCUT2D eigenvalue weighted by atomic mass is 10.1. The fourth-order valence-corrected chi connectivity index (χ4v) is 3.74. The summed E-state index contributed by atoms with van der Waals surface area (Å²) in [6.45, 7) is 11.2. The summed E-state index contributed by atoms with van der Waals surface area (Å²) in [4.78, 5) is 9.26. The molecule has 0 unspecified atom stereocenters. The Morgan fingerprint density at radius 3 is 2.30 bits per heavy atom. The van der Waals surface area contributed by atoms with Gasteiger partial charge in [-0.05, 0) is 24.6 Å². The number of hydrogen-bond donors (Lipinski definition) is 2. The molecule has 7 nitrogen and oxygen atoms in total. The standard InChI is InChI=1S/C23H36N6O/c1-5-21-20(22(6-2)30-27-21)16-26-23(24-3)25-15-18-7-9-19(10-8-18)17-29-13-11-28(4)12-14-29/h7-10H,5-6,11-17H2,1-4H3,(H2,24,25,26). The number of aryl methyl sites for hydroxylation is 2. The Morgan fingerprint density at radius 2 is 1.67 bits per heavy atom. The molecule has 7 heteroatoms. The second kappa shape index (κ2) is 11.1. The third-order valence-corrected chi connectivity index (χ3v) is 5.75. The summed E-state index contributed by atoms with van der Waals surface area (Å²) in [5.74, 6) is 1.73. The fraction of sp³-hybridized carbons (Fsp3) is 0.565. The maximum absolute atomic E-state index is 5.45. The molecule has 30 heavy (non-hydrogen) atoms. The Hall–Kier alpha value is -2.38. The first-order chi connectivity index (χ1) is 14.6. The molecule has 0 bridgehead atoms. The monoisotopic (exact) mass is 412 g/mol. The zero-order chi connectivity index (χ0) is 21.3. The molecule has 0 amide bonds. The first-order valence-electron chi connectivity index (χ1n) is 11.0. The lowest BCUT2D eigenvalue weighted by molar-refractivity contribution is 0.148. The lowest BCUT2D eigenvalue weighted by Crippen LogP contribution is -2.43. The van der Waals surface area contributed by atoms with Crippen LogP contribution in [-0.2, 0) is 32.5 Å². The second-order valence-electron chi connectivity index (χ2n) is 7.91. The van der Waals surface area contributed by atoms with Crippen molar-refractivity contribution in [1.29, 1.82) is 0 Å². The van der Waals surface area contributed by atoms with Gasteiger partial charge < -0.3 is 20.1 Å². The minimum atomic E-state index is 0.666. The van der Waals surface area contributed by atoms with Crippen molar-refractivity contribution in [3.05, 3.63) is 52.4 Å². The van der Waals surface area contributed by atoms with Gasteiger partial charge in [-0.25, -0.2) is 0 Å². The van der Waals surface area contributed by atoms with E-state index in [0.717, 1.165) is 75.1 Å². The highest BCUT2D eigenvalue weighted by molar-refractivity contribution is 5.79. The van der Waals surface area contributed by atoms with Crippen LogP contribution < -0.4 is 10.6 Å². The van der Waals surface area contributed by atoms with Gasteiger partial charge in [-0.3, -0.25) is 9.89 Å². The summed E-state index contributed by atoms with van der Waals surface area (Å²) < 4.78 is 5.45. The van der Waals surface area contributed by atoms with Crippen molar-refractivity contribution in [2.24, 2.45) is 4.99 Å². The number of aromatic nitrogens is 1. The average molecular weight is 413 g/mol. The number of likely N-dealkylation sites (N-methyl/N-ethyl adjacent to an activating group) is 1. The van der Waals surface area contributed by atoms with E-state index >= 15 is 0 Å². The number of guanidine groups is 1. The molecule has 2 heterocycles. The molecule has 0 atom stereocenters. The predicted octanol–water partition coefficient (Wildman–Crippen LogP) is 2.41. The van der Waals surface area contributed by atoms with Crippen molar-refractivity contribution in [2.75, 3.05) is 40.3 Å². The van der Waals surface area contributed by atoms with Crippen LogP contribution in [0.1, 0.15) is 42.0 Å². The van der Waals surface area contributed by atoms with Gasteiger partial charge in [-0.2, -0.15) is 0 Å². The van der Waals surface area contributed by atoms with Crippen LogP contribution in [0.5, 0.6) is 0 Å². The van der Waals surface area contributed by atoms with E-state index in [0.29, 0.717) is 6.54 Å². The zero-order valence-electron chi connectivity index (χ0n) is 18.9. The van der Waals surface area contributed by atoms with Crippen LogP contribution in [0.4, 0.5) is 0 Å². The number of rotatable bonds is 8. The van der Waals surface area contributed by atoms with Gasteiger partial charge in [0, 0.05) is 64.8 Å². The number of piperazine rings is 1. The second-order valence-corrected chi connectivity index (χ2v) is 7.91. The van der Waals surface area contributed by atoms with Crippen molar-refractivity contribution in [2.45, 2.75) is 46.3 Å². The van der Waals surface area contributed by atoms with Gasteiger partial charge in [-0.1, -0.05) is 43.3 Å². The molecule has 0 spiro atoms. The van der Waals surface area contributed by atoms with E-state index in [9.17, 15) is 0 Å². The van der Waals surface area contributed by atoms with Crippen LogP contribution in [0.2, 0.25) is 0 Å².